The molecule has 0 N–H and O–H groups in total. The molecule has 148 valence electrons. The van der Waals surface area contributed by atoms with Crippen LogP contribution in [-0.4, -0.2) is 38.8 Å². The molecule has 0 aliphatic heterocycles. The molecule has 6 heteroatoms. The van der Waals surface area contributed by atoms with E-state index in [0.717, 1.165) is 0 Å². The molecule has 0 aromatic rings. The van der Waals surface area contributed by atoms with Gasteiger partial charge in [0.15, 0.2) is 0 Å². The molecular formula is C19H38ClO3PSn. The summed E-state index contributed by atoms with van der Waals surface area (Å²) in [5.41, 5.74) is 1.54. The number of allylic oxidation sites excluding steroid dienone is 3. The van der Waals surface area contributed by atoms with Crippen LogP contribution in [0.25, 0.3) is 0 Å². The van der Waals surface area contributed by atoms with Crippen LogP contribution in [0.15, 0.2) is 21.3 Å². The van der Waals surface area contributed by atoms with E-state index < -0.39 is 26.0 Å². The first-order chi connectivity index (χ1) is 12.0. The van der Waals surface area contributed by atoms with Gasteiger partial charge in [-0.1, -0.05) is 0 Å². The maximum atomic E-state index is 12.9. The summed E-state index contributed by atoms with van der Waals surface area (Å²) < 4.78 is 28.8. The van der Waals surface area contributed by atoms with E-state index in [9.17, 15) is 4.57 Å². The number of hydrogen-bond acceptors (Lipinski definition) is 3. The summed E-state index contributed by atoms with van der Waals surface area (Å²) >= 11 is 3.15. The zero-order valence-corrected chi connectivity index (χ0v) is 21.4. The molecular weight excluding hydrogens is 461 g/mol. The Morgan fingerprint density at radius 2 is 1.40 bits per heavy atom. The fraction of sp³-hybridized carbons (Fsp3) is 0.789. The van der Waals surface area contributed by atoms with Gasteiger partial charge in [-0.3, -0.25) is 0 Å². The minimum atomic E-state index is -3.06. The van der Waals surface area contributed by atoms with Gasteiger partial charge in [0, 0.05) is 0 Å². The van der Waals surface area contributed by atoms with E-state index in [1.165, 1.54) is 69.6 Å². The molecule has 0 rings (SSSR count). The van der Waals surface area contributed by atoms with Crippen molar-refractivity contribution < 1.29 is 13.6 Å². The number of unbranched alkanes of at least 4 members (excludes halogenated alkanes) is 3. The van der Waals surface area contributed by atoms with Gasteiger partial charge in [-0.05, 0) is 0 Å². The predicted octanol–water partition coefficient (Wildman–Crippen LogP) is 7.54. The van der Waals surface area contributed by atoms with Crippen LogP contribution in [-0.2, 0) is 13.6 Å². The van der Waals surface area contributed by atoms with Crippen molar-refractivity contribution in [2.45, 2.75) is 72.6 Å². The Bertz CT molecular complexity index is 422. The number of hydrogen-bond donors (Lipinski definition) is 0. The van der Waals surface area contributed by atoms with E-state index in [1.54, 1.807) is 5.54 Å². The van der Waals surface area contributed by atoms with Crippen molar-refractivity contribution in [3.63, 3.8) is 0 Å². The quantitative estimate of drug-likeness (QED) is 0.133. The van der Waals surface area contributed by atoms with Gasteiger partial charge in [0.25, 0.3) is 0 Å². The zero-order valence-electron chi connectivity index (χ0n) is 16.9. The van der Waals surface area contributed by atoms with E-state index in [-0.39, 0.29) is 0 Å². The molecule has 0 atom stereocenters. The van der Waals surface area contributed by atoms with Crippen LogP contribution in [0.1, 0.15) is 59.3 Å². The van der Waals surface area contributed by atoms with Crippen LogP contribution in [0.5, 0.6) is 0 Å². The molecule has 25 heavy (non-hydrogen) atoms. The van der Waals surface area contributed by atoms with Crippen molar-refractivity contribution in [3.8, 4) is 0 Å². The normalized spacial score (nSPS) is 13.8. The third-order valence-corrected chi connectivity index (χ3v) is 23.9. The van der Waals surface area contributed by atoms with Gasteiger partial charge >= 0.3 is 165 Å². The maximum absolute atomic E-state index is 12.9. The summed E-state index contributed by atoms with van der Waals surface area (Å²) in [6, 6.07) is 0. The Labute approximate surface area is 165 Å². The molecule has 0 heterocycles. The first-order valence-corrected chi connectivity index (χ1v) is 19.3. The van der Waals surface area contributed by atoms with Gasteiger partial charge in [-0.15, -0.1) is 0 Å². The molecule has 0 saturated carbocycles. The molecule has 0 radical (unpaired) electrons. The Hall–Kier alpha value is 0.719. The SMILES string of the molecule is CCC[CH2][Sn]([CH2]CCC)([CH2]CCC)/[C](=C/C=C/Cl)CP(=O)(OC)OC. The standard InChI is InChI=1S/C7H11ClO3P.3C4H9.Sn/c1-10-12(9,11-2)7-5-3-4-6-8;3*1-3-4-2;/h3-4,6H,7H2,1-2H3;3*1,3-4H2,2H3;/b5-3?,6-4+;;;;. The second-order valence-electron chi connectivity index (χ2n) is 6.74. The van der Waals surface area contributed by atoms with Crippen LogP contribution in [0.3, 0.4) is 0 Å². The van der Waals surface area contributed by atoms with Crippen LogP contribution < -0.4 is 0 Å². The fourth-order valence-electron chi connectivity index (χ4n) is 3.36. The van der Waals surface area contributed by atoms with E-state index in [4.69, 9.17) is 20.6 Å². The molecule has 0 aromatic carbocycles. The summed E-state index contributed by atoms with van der Waals surface area (Å²) in [6.07, 6.45) is 11.9. The molecule has 3 nitrogen and oxygen atoms in total. The zero-order chi connectivity index (χ0) is 19.2. The van der Waals surface area contributed by atoms with Crippen molar-refractivity contribution in [2.75, 3.05) is 20.4 Å². The Morgan fingerprint density at radius 1 is 0.960 bits per heavy atom. The van der Waals surface area contributed by atoms with Crippen LogP contribution >= 0.6 is 19.2 Å². The fourth-order valence-corrected chi connectivity index (χ4v) is 24.2. The topological polar surface area (TPSA) is 35.5 Å². The van der Waals surface area contributed by atoms with E-state index in [0.29, 0.717) is 6.16 Å². The monoisotopic (exact) mass is 500 g/mol. The van der Waals surface area contributed by atoms with E-state index >= 15 is 0 Å². The Morgan fingerprint density at radius 3 is 1.72 bits per heavy atom. The van der Waals surface area contributed by atoms with Gasteiger partial charge in [-0.25, -0.2) is 0 Å². The average molecular weight is 500 g/mol. The van der Waals surface area contributed by atoms with Gasteiger partial charge in [0.1, 0.15) is 0 Å². The molecule has 0 amide bonds. The minimum absolute atomic E-state index is 0.425. The van der Waals surface area contributed by atoms with Crippen molar-refractivity contribution in [2.24, 2.45) is 0 Å². The molecule has 0 unspecified atom stereocenters. The van der Waals surface area contributed by atoms with Crippen LogP contribution in [0.4, 0.5) is 0 Å². The third-order valence-electron chi connectivity index (χ3n) is 5.00. The van der Waals surface area contributed by atoms with Crippen LogP contribution in [0.2, 0.25) is 13.3 Å². The average Bonchev–Trinajstić information content (AvgIpc) is 2.64. The van der Waals surface area contributed by atoms with Crippen molar-refractivity contribution in [3.05, 3.63) is 21.3 Å². The van der Waals surface area contributed by atoms with E-state index in [2.05, 4.69) is 26.8 Å². The summed E-state index contributed by atoms with van der Waals surface area (Å²) in [7, 11) is -0.0896. The molecule has 0 spiro atoms. The Kier molecular flexibility index (Phi) is 15.2. The van der Waals surface area contributed by atoms with Crippen molar-refractivity contribution in [1.82, 2.24) is 0 Å². The number of rotatable bonds is 15. The summed E-state index contributed by atoms with van der Waals surface area (Å²) in [6.45, 7) is 6.77. The molecule has 0 bridgehead atoms. The molecule has 0 fully saturated rings. The summed E-state index contributed by atoms with van der Waals surface area (Å²) in [4.78, 5) is 0. The first-order valence-electron chi connectivity index (χ1n) is 9.64. The second-order valence-corrected chi connectivity index (χ2v) is 22.7. The van der Waals surface area contributed by atoms with Gasteiger partial charge in [0.2, 0.25) is 0 Å². The van der Waals surface area contributed by atoms with Gasteiger partial charge in [0.05, 0.1) is 0 Å². The second kappa shape index (κ2) is 14.7. The molecule has 0 aromatic heterocycles. The number of halogens is 1. The predicted molar refractivity (Wildman–Crippen MR) is 114 cm³/mol. The molecule has 0 saturated heterocycles. The third kappa shape index (κ3) is 9.46. The molecule has 0 aliphatic rings. The summed E-state index contributed by atoms with van der Waals surface area (Å²) in [5, 5.41) is 0. The van der Waals surface area contributed by atoms with E-state index in [1.807, 2.05) is 6.08 Å². The molecule has 0 aliphatic carbocycles. The van der Waals surface area contributed by atoms with Gasteiger partial charge < -0.3 is 0 Å². The Balaban J connectivity index is 5.93. The van der Waals surface area contributed by atoms with Crippen LogP contribution in [0, 0.1) is 0 Å². The van der Waals surface area contributed by atoms with Crippen molar-refractivity contribution in [1.29, 1.82) is 0 Å². The van der Waals surface area contributed by atoms with Crippen molar-refractivity contribution >= 4 is 37.6 Å². The first kappa shape index (κ1) is 25.7. The summed E-state index contributed by atoms with van der Waals surface area (Å²) in [5.74, 6) is 0. The van der Waals surface area contributed by atoms with Gasteiger partial charge in [-0.2, -0.15) is 0 Å².